The van der Waals surface area contributed by atoms with E-state index in [1.807, 2.05) is 23.9 Å². The van der Waals surface area contributed by atoms with Gasteiger partial charge in [0.25, 0.3) is 5.69 Å². The first kappa shape index (κ1) is 14.3. The van der Waals surface area contributed by atoms with Crippen LogP contribution in [0.25, 0.3) is 0 Å². The molecule has 0 heterocycles. The number of nitro benzene ring substituents is 1. The van der Waals surface area contributed by atoms with Crippen LogP contribution in [0.4, 0.5) is 5.69 Å². The van der Waals surface area contributed by atoms with E-state index in [4.69, 9.17) is 0 Å². The summed E-state index contributed by atoms with van der Waals surface area (Å²) >= 11 is 1.92. The van der Waals surface area contributed by atoms with Crippen LogP contribution in [0.2, 0.25) is 0 Å². The Balaban J connectivity index is 2.00. The van der Waals surface area contributed by atoms with Crippen LogP contribution < -0.4 is 5.32 Å². The number of hydrogen-bond acceptors (Lipinski definition) is 4. The predicted molar refractivity (Wildman–Crippen MR) is 79.6 cm³/mol. The fourth-order valence-electron chi connectivity index (χ4n) is 2.65. The lowest BCUT2D eigenvalue weighted by molar-refractivity contribution is -0.385. The molecule has 2 unspecified atom stereocenters. The Morgan fingerprint density at radius 1 is 1.47 bits per heavy atom. The lowest BCUT2D eigenvalue weighted by Gasteiger charge is -2.19. The second-order valence-corrected chi connectivity index (χ2v) is 6.15. The average molecular weight is 280 g/mol. The number of nitrogens with one attached hydrogen (secondary N) is 1. The number of nitrogens with zero attached hydrogens (tertiary/aromatic N) is 1. The van der Waals surface area contributed by atoms with Gasteiger partial charge in [0.15, 0.2) is 0 Å². The summed E-state index contributed by atoms with van der Waals surface area (Å²) in [4.78, 5) is 10.6. The Kier molecular flexibility index (Phi) is 4.82. The highest BCUT2D eigenvalue weighted by molar-refractivity contribution is 7.99. The highest BCUT2D eigenvalue weighted by atomic mass is 32.2. The molecule has 1 saturated carbocycles. The van der Waals surface area contributed by atoms with Crippen molar-refractivity contribution in [3.63, 3.8) is 0 Å². The van der Waals surface area contributed by atoms with Gasteiger partial charge in [0.05, 0.1) is 4.92 Å². The molecule has 1 aromatic rings. The standard InChI is InChI=1S/C14H20N2O2S/c1-10-6-7-11(8-13(10)16(17)18)9-15-12-4-3-5-14(12)19-2/h6-8,12,14-15H,3-5,9H2,1-2H3. The van der Waals surface area contributed by atoms with Gasteiger partial charge >= 0.3 is 0 Å². The zero-order valence-corrected chi connectivity index (χ0v) is 12.2. The van der Waals surface area contributed by atoms with Crippen LogP contribution in [0.5, 0.6) is 0 Å². The monoisotopic (exact) mass is 280 g/mol. The van der Waals surface area contributed by atoms with Crippen molar-refractivity contribution in [2.24, 2.45) is 0 Å². The van der Waals surface area contributed by atoms with Crippen LogP contribution in [-0.2, 0) is 6.54 Å². The fourth-order valence-corrected chi connectivity index (χ4v) is 3.62. The Labute approximate surface area is 118 Å². The maximum absolute atomic E-state index is 10.9. The van der Waals surface area contributed by atoms with Crippen molar-refractivity contribution in [2.45, 2.75) is 44.0 Å². The SMILES string of the molecule is CSC1CCCC1NCc1ccc(C)c([N+](=O)[O-])c1. The van der Waals surface area contributed by atoms with Crippen LogP contribution in [-0.4, -0.2) is 22.5 Å². The maximum atomic E-state index is 10.9. The van der Waals surface area contributed by atoms with Crippen LogP contribution >= 0.6 is 11.8 Å². The normalized spacial score (nSPS) is 22.6. The topological polar surface area (TPSA) is 55.2 Å². The van der Waals surface area contributed by atoms with Crippen molar-refractivity contribution >= 4 is 17.4 Å². The van der Waals surface area contributed by atoms with E-state index in [9.17, 15) is 10.1 Å². The van der Waals surface area contributed by atoms with Gasteiger partial charge in [0.1, 0.15) is 0 Å². The van der Waals surface area contributed by atoms with E-state index in [0.29, 0.717) is 17.8 Å². The van der Waals surface area contributed by atoms with Crippen molar-refractivity contribution in [3.8, 4) is 0 Å². The molecule has 2 atom stereocenters. The van der Waals surface area contributed by atoms with Gasteiger partial charge in [-0.05, 0) is 31.6 Å². The second-order valence-electron chi connectivity index (χ2n) is 5.07. The maximum Gasteiger partial charge on any atom is 0.272 e. The smallest absolute Gasteiger partial charge is 0.272 e. The molecule has 5 heteroatoms. The molecule has 0 amide bonds. The van der Waals surface area contributed by atoms with Crippen LogP contribution in [0.3, 0.4) is 0 Å². The summed E-state index contributed by atoms with van der Waals surface area (Å²) in [5, 5.41) is 15.1. The summed E-state index contributed by atoms with van der Waals surface area (Å²) in [6.45, 7) is 2.49. The molecule has 1 aliphatic carbocycles. The van der Waals surface area contributed by atoms with Gasteiger partial charge in [-0.2, -0.15) is 11.8 Å². The highest BCUT2D eigenvalue weighted by Gasteiger charge is 2.25. The third-order valence-corrected chi connectivity index (χ3v) is 4.96. The predicted octanol–water partition coefficient (Wildman–Crippen LogP) is 3.28. The van der Waals surface area contributed by atoms with Gasteiger partial charge in [-0.15, -0.1) is 0 Å². The molecule has 0 radical (unpaired) electrons. The molecular weight excluding hydrogens is 260 g/mol. The number of rotatable bonds is 5. The number of aryl methyl sites for hydroxylation is 1. The largest absolute Gasteiger partial charge is 0.309 e. The minimum atomic E-state index is -0.306. The first-order valence-electron chi connectivity index (χ1n) is 6.62. The molecule has 0 bridgehead atoms. The highest BCUT2D eigenvalue weighted by Crippen LogP contribution is 2.28. The summed E-state index contributed by atoms with van der Waals surface area (Å²) < 4.78 is 0. The van der Waals surface area contributed by atoms with E-state index in [0.717, 1.165) is 11.1 Å². The van der Waals surface area contributed by atoms with E-state index in [2.05, 4.69) is 11.6 Å². The third kappa shape index (κ3) is 3.48. The van der Waals surface area contributed by atoms with Gasteiger partial charge < -0.3 is 5.32 Å². The van der Waals surface area contributed by atoms with Crippen molar-refractivity contribution < 1.29 is 4.92 Å². The Morgan fingerprint density at radius 3 is 2.95 bits per heavy atom. The zero-order valence-electron chi connectivity index (χ0n) is 11.4. The molecule has 1 aromatic carbocycles. The summed E-state index contributed by atoms with van der Waals surface area (Å²) in [7, 11) is 0. The molecule has 1 N–H and O–H groups in total. The zero-order chi connectivity index (χ0) is 13.8. The van der Waals surface area contributed by atoms with Crippen molar-refractivity contribution in [3.05, 3.63) is 39.4 Å². The number of hydrogen-bond donors (Lipinski definition) is 1. The lowest BCUT2D eigenvalue weighted by atomic mass is 10.1. The van der Waals surface area contributed by atoms with E-state index in [1.54, 1.807) is 13.0 Å². The van der Waals surface area contributed by atoms with Gasteiger partial charge in [-0.25, -0.2) is 0 Å². The molecule has 1 aliphatic rings. The van der Waals surface area contributed by atoms with Crippen molar-refractivity contribution in [1.29, 1.82) is 0 Å². The van der Waals surface area contributed by atoms with Gasteiger partial charge in [-0.3, -0.25) is 10.1 Å². The Bertz CT molecular complexity index is 465. The van der Waals surface area contributed by atoms with Gasteiger partial charge in [0, 0.05) is 29.5 Å². The molecule has 1 fully saturated rings. The van der Waals surface area contributed by atoms with Crippen LogP contribution in [0, 0.1) is 17.0 Å². The first-order chi connectivity index (χ1) is 9.11. The van der Waals surface area contributed by atoms with Crippen molar-refractivity contribution in [2.75, 3.05) is 6.26 Å². The number of benzene rings is 1. The van der Waals surface area contributed by atoms with Crippen LogP contribution in [0.15, 0.2) is 18.2 Å². The molecule has 0 spiro atoms. The minimum Gasteiger partial charge on any atom is -0.309 e. The summed E-state index contributed by atoms with van der Waals surface area (Å²) in [5.74, 6) is 0. The van der Waals surface area contributed by atoms with E-state index in [1.165, 1.54) is 19.3 Å². The van der Waals surface area contributed by atoms with Gasteiger partial charge in [0.2, 0.25) is 0 Å². The summed E-state index contributed by atoms with van der Waals surface area (Å²) in [6, 6.07) is 6.02. The molecule has 0 aliphatic heterocycles. The summed E-state index contributed by atoms with van der Waals surface area (Å²) in [6.07, 6.45) is 5.91. The van der Waals surface area contributed by atoms with E-state index in [-0.39, 0.29) is 10.6 Å². The minimum absolute atomic E-state index is 0.215. The Hall–Kier alpha value is -1.07. The molecular formula is C14H20N2O2S. The van der Waals surface area contributed by atoms with Gasteiger partial charge in [-0.1, -0.05) is 18.6 Å². The van der Waals surface area contributed by atoms with Crippen molar-refractivity contribution in [1.82, 2.24) is 5.32 Å². The molecule has 0 saturated heterocycles. The molecule has 4 nitrogen and oxygen atoms in total. The second kappa shape index (κ2) is 6.39. The fraction of sp³-hybridized carbons (Fsp3) is 0.571. The molecule has 2 rings (SSSR count). The van der Waals surface area contributed by atoms with Crippen LogP contribution in [0.1, 0.15) is 30.4 Å². The van der Waals surface area contributed by atoms with E-state index >= 15 is 0 Å². The Morgan fingerprint density at radius 2 is 2.26 bits per heavy atom. The summed E-state index contributed by atoms with van der Waals surface area (Å²) in [5.41, 5.74) is 1.92. The molecule has 19 heavy (non-hydrogen) atoms. The molecule has 104 valence electrons. The average Bonchev–Trinajstić information content (AvgIpc) is 2.84. The lowest BCUT2D eigenvalue weighted by Crippen LogP contribution is -2.33. The third-order valence-electron chi connectivity index (χ3n) is 3.79. The first-order valence-corrected chi connectivity index (χ1v) is 7.90. The quantitative estimate of drug-likeness (QED) is 0.664. The number of thioether (sulfide) groups is 1. The molecule has 0 aromatic heterocycles. The number of nitro groups is 1. The van der Waals surface area contributed by atoms with E-state index < -0.39 is 0 Å².